The predicted octanol–water partition coefficient (Wildman–Crippen LogP) is 0.456. The molecule has 0 fully saturated rings. The van der Waals surface area contributed by atoms with Crippen LogP contribution in [0.2, 0.25) is 0 Å². The zero-order valence-electron chi connectivity index (χ0n) is 8.40. The van der Waals surface area contributed by atoms with Crippen molar-refractivity contribution in [2.45, 2.75) is 13.8 Å². The van der Waals surface area contributed by atoms with Gasteiger partial charge in [0, 0.05) is 17.7 Å². The van der Waals surface area contributed by atoms with E-state index in [0.29, 0.717) is 12.5 Å². The summed E-state index contributed by atoms with van der Waals surface area (Å²) in [4.78, 5) is 7.62. The largest absolute Gasteiger partial charge is 0.477 e. The van der Waals surface area contributed by atoms with Gasteiger partial charge in [0.15, 0.2) is 0 Å². The molecule has 5 nitrogen and oxygen atoms in total. The van der Waals surface area contributed by atoms with Crippen LogP contribution in [-0.4, -0.2) is 28.3 Å². The van der Waals surface area contributed by atoms with Gasteiger partial charge in [-0.15, -0.1) is 0 Å². The minimum absolute atomic E-state index is 0.0631. The molecule has 0 bridgehead atoms. The van der Waals surface area contributed by atoms with Gasteiger partial charge in [-0.1, -0.05) is 13.8 Å². The average molecular weight is 197 g/mol. The summed E-state index contributed by atoms with van der Waals surface area (Å²) < 4.78 is 5.35. The van der Waals surface area contributed by atoms with Gasteiger partial charge in [0.2, 0.25) is 11.8 Å². The van der Waals surface area contributed by atoms with Crippen molar-refractivity contribution in [3.05, 3.63) is 12.3 Å². The van der Waals surface area contributed by atoms with Crippen molar-refractivity contribution in [1.29, 1.82) is 0 Å². The van der Waals surface area contributed by atoms with E-state index in [9.17, 15) is 0 Å². The molecule has 0 aliphatic carbocycles. The van der Waals surface area contributed by atoms with Gasteiger partial charge in [-0.25, -0.2) is 4.98 Å². The summed E-state index contributed by atoms with van der Waals surface area (Å²) >= 11 is 0. The highest BCUT2D eigenvalue weighted by Gasteiger charge is 2.17. The Morgan fingerprint density at radius 2 is 2.29 bits per heavy atom. The molecule has 0 aromatic carbocycles. The van der Waals surface area contributed by atoms with E-state index in [1.165, 1.54) is 6.20 Å². The molecule has 0 unspecified atom stereocenters. The van der Waals surface area contributed by atoms with Crippen LogP contribution in [0.3, 0.4) is 0 Å². The highest BCUT2D eigenvalue weighted by molar-refractivity contribution is 5.20. The van der Waals surface area contributed by atoms with Gasteiger partial charge in [0.05, 0.1) is 13.2 Å². The van der Waals surface area contributed by atoms with Crippen LogP contribution in [0.1, 0.15) is 13.8 Å². The van der Waals surface area contributed by atoms with Gasteiger partial charge in [0.1, 0.15) is 0 Å². The second-order valence-corrected chi connectivity index (χ2v) is 3.86. The zero-order chi connectivity index (χ0) is 10.6. The number of nitrogens with two attached hydrogens (primary N) is 1. The number of rotatable bonds is 4. The van der Waals surface area contributed by atoms with Crippen molar-refractivity contribution in [1.82, 2.24) is 9.97 Å². The molecule has 78 valence electrons. The van der Waals surface area contributed by atoms with Crippen molar-refractivity contribution in [2.75, 3.05) is 18.9 Å². The number of nitrogens with zero attached hydrogens (tertiary/aromatic N) is 2. The lowest BCUT2D eigenvalue weighted by atomic mass is 9.97. The maximum absolute atomic E-state index is 8.99. The van der Waals surface area contributed by atoms with Gasteiger partial charge in [-0.2, -0.15) is 4.98 Å². The summed E-state index contributed by atoms with van der Waals surface area (Å²) in [6, 6.07) is 1.63. The van der Waals surface area contributed by atoms with Crippen LogP contribution in [0.5, 0.6) is 5.88 Å². The Morgan fingerprint density at radius 1 is 1.57 bits per heavy atom. The first-order chi connectivity index (χ1) is 6.53. The van der Waals surface area contributed by atoms with Crippen molar-refractivity contribution in [2.24, 2.45) is 5.41 Å². The van der Waals surface area contributed by atoms with E-state index in [4.69, 9.17) is 15.6 Å². The quantitative estimate of drug-likeness (QED) is 0.732. The number of nitrogen functional groups attached to an aromatic ring is 1. The zero-order valence-corrected chi connectivity index (χ0v) is 8.40. The molecule has 1 rings (SSSR count). The maximum Gasteiger partial charge on any atom is 0.223 e. The van der Waals surface area contributed by atoms with E-state index < -0.39 is 0 Å². The third kappa shape index (κ3) is 3.18. The molecule has 5 heteroatoms. The second-order valence-electron chi connectivity index (χ2n) is 3.86. The van der Waals surface area contributed by atoms with Crippen LogP contribution in [0.4, 0.5) is 5.95 Å². The Morgan fingerprint density at radius 3 is 2.86 bits per heavy atom. The highest BCUT2D eigenvalue weighted by atomic mass is 16.5. The minimum atomic E-state index is -0.278. The van der Waals surface area contributed by atoms with E-state index in [-0.39, 0.29) is 18.0 Å². The maximum atomic E-state index is 8.99. The number of aliphatic hydroxyl groups excluding tert-OH is 1. The molecule has 1 aromatic rings. The van der Waals surface area contributed by atoms with Crippen LogP contribution in [-0.2, 0) is 0 Å². The number of aliphatic hydroxyl groups is 1. The molecule has 1 heterocycles. The molecule has 0 saturated carbocycles. The minimum Gasteiger partial charge on any atom is -0.477 e. The molecule has 0 aliphatic rings. The Balaban J connectivity index is 2.54. The average Bonchev–Trinajstić information content (AvgIpc) is 2.15. The summed E-state index contributed by atoms with van der Waals surface area (Å²) in [6.07, 6.45) is 1.53. The van der Waals surface area contributed by atoms with Gasteiger partial charge >= 0.3 is 0 Å². The number of ether oxygens (including phenoxy) is 1. The monoisotopic (exact) mass is 197 g/mol. The number of aromatic nitrogens is 2. The lowest BCUT2D eigenvalue weighted by molar-refractivity contribution is 0.0951. The smallest absolute Gasteiger partial charge is 0.223 e. The summed E-state index contributed by atoms with van der Waals surface area (Å²) in [7, 11) is 0. The third-order valence-electron chi connectivity index (χ3n) is 1.69. The number of anilines is 1. The van der Waals surface area contributed by atoms with Gasteiger partial charge in [-0.05, 0) is 0 Å². The SMILES string of the molecule is CC(C)(CO)COc1ccnc(N)n1. The first-order valence-electron chi connectivity index (χ1n) is 4.36. The normalized spacial score (nSPS) is 11.4. The molecule has 14 heavy (non-hydrogen) atoms. The van der Waals surface area contributed by atoms with E-state index in [0.717, 1.165) is 0 Å². The summed E-state index contributed by atoms with van der Waals surface area (Å²) in [6.45, 7) is 4.25. The molecule has 0 spiro atoms. The first-order valence-corrected chi connectivity index (χ1v) is 4.36. The standard InChI is InChI=1S/C9H15N3O2/c1-9(2,5-13)6-14-7-3-4-11-8(10)12-7/h3-4,13H,5-6H2,1-2H3,(H2,10,11,12). The van der Waals surface area contributed by atoms with E-state index in [1.54, 1.807) is 6.07 Å². The number of hydrogen-bond acceptors (Lipinski definition) is 5. The summed E-state index contributed by atoms with van der Waals surface area (Å²) in [5, 5.41) is 8.99. The molecule has 0 saturated heterocycles. The molecule has 3 N–H and O–H groups in total. The van der Waals surface area contributed by atoms with Gasteiger partial charge in [0.25, 0.3) is 0 Å². The molecule has 1 aromatic heterocycles. The van der Waals surface area contributed by atoms with Crippen LogP contribution < -0.4 is 10.5 Å². The molecule has 0 atom stereocenters. The Bertz CT molecular complexity index is 302. The van der Waals surface area contributed by atoms with Crippen LogP contribution in [0.15, 0.2) is 12.3 Å². The van der Waals surface area contributed by atoms with Gasteiger partial charge in [-0.3, -0.25) is 0 Å². The second kappa shape index (κ2) is 4.23. The fraction of sp³-hybridized carbons (Fsp3) is 0.556. The van der Waals surface area contributed by atoms with Crippen LogP contribution >= 0.6 is 0 Å². The van der Waals surface area contributed by atoms with E-state index >= 15 is 0 Å². The van der Waals surface area contributed by atoms with Crippen LogP contribution in [0, 0.1) is 5.41 Å². The topological polar surface area (TPSA) is 81.3 Å². The predicted molar refractivity (Wildman–Crippen MR) is 52.8 cm³/mol. The molecule has 0 amide bonds. The van der Waals surface area contributed by atoms with Gasteiger partial charge < -0.3 is 15.6 Å². The van der Waals surface area contributed by atoms with E-state index in [2.05, 4.69) is 9.97 Å². The van der Waals surface area contributed by atoms with Crippen molar-refractivity contribution in [3.8, 4) is 5.88 Å². The first kappa shape index (κ1) is 10.7. The van der Waals surface area contributed by atoms with Crippen molar-refractivity contribution < 1.29 is 9.84 Å². The molecular weight excluding hydrogens is 182 g/mol. The third-order valence-corrected chi connectivity index (χ3v) is 1.69. The van der Waals surface area contributed by atoms with Crippen molar-refractivity contribution >= 4 is 5.95 Å². The summed E-state index contributed by atoms with van der Waals surface area (Å²) in [5.74, 6) is 0.614. The van der Waals surface area contributed by atoms with E-state index in [1.807, 2.05) is 13.8 Å². The molecule has 0 aliphatic heterocycles. The lowest BCUT2D eigenvalue weighted by Crippen LogP contribution is -2.25. The fourth-order valence-corrected chi connectivity index (χ4v) is 0.752. The Hall–Kier alpha value is -1.36. The molecular formula is C9H15N3O2. The highest BCUT2D eigenvalue weighted by Crippen LogP contribution is 2.16. The van der Waals surface area contributed by atoms with Crippen LogP contribution in [0.25, 0.3) is 0 Å². The lowest BCUT2D eigenvalue weighted by Gasteiger charge is -2.21. The summed E-state index contributed by atoms with van der Waals surface area (Å²) in [5.41, 5.74) is 5.10. The Labute approximate surface area is 82.9 Å². The fourth-order valence-electron chi connectivity index (χ4n) is 0.752. The van der Waals surface area contributed by atoms with Crippen molar-refractivity contribution in [3.63, 3.8) is 0 Å². The number of hydrogen-bond donors (Lipinski definition) is 2. The molecule has 0 radical (unpaired) electrons. The Kier molecular flexibility index (Phi) is 3.24.